The number of oxazole rings is 1. The van der Waals surface area contributed by atoms with Crippen LogP contribution >= 0.6 is 0 Å². The molecule has 4 nitrogen and oxygen atoms in total. The first-order valence-corrected chi connectivity index (χ1v) is 16.1. The van der Waals surface area contributed by atoms with Crippen LogP contribution in [-0.4, -0.2) is 15.1 Å². The molecule has 1 N–H and O–H groups in total. The van der Waals surface area contributed by atoms with Crippen molar-refractivity contribution in [3.05, 3.63) is 175 Å². The lowest BCUT2D eigenvalue weighted by atomic mass is 9.89. The Kier molecular flexibility index (Phi) is 7.60. The van der Waals surface area contributed by atoms with E-state index in [1.807, 2.05) is 36.5 Å². The Morgan fingerprint density at radius 3 is 2.00 bits per heavy atom. The number of pyridine rings is 1. The molecule has 0 aliphatic rings. The van der Waals surface area contributed by atoms with Gasteiger partial charge in [-0.3, -0.25) is 4.98 Å². The normalized spacial score (nSPS) is 11.9. The summed E-state index contributed by atoms with van der Waals surface area (Å²) in [5, 5.41) is 10.5. The van der Waals surface area contributed by atoms with Crippen molar-refractivity contribution in [1.82, 2.24) is 9.97 Å². The number of nitrogens with zero attached hydrogens (tertiary/aromatic N) is 2. The fourth-order valence-electron chi connectivity index (χ4n) is 6.37. The molecule has 0 fully saturated rings. The number of phenolic OH excluding ortho intramolecular Hbond substituents is 1. The van der Waals surface area contributed by atoms with Gasteiger partial charge >= 0.3 is 0 Å². The van der Waals surface area contributed by atoms with E-state index >= 15 is 0 Å². The lowest BCUT2D eigenvalue weighted by Crippen LogP contribution is -1.96. The van der Waals surface area contributed by atoms with Gasteiger partial charge in [0.05, 0.1) is 11.3 Å². The molecule has 4 heteroatoms. The zero-order valence-corrected chi connectivity index (χ0v) is 26.4. The molecule has 230 valence electrons. The summed E-state index contributed by atoms with van der Waals surface area (Å²) in [5.74, 6) is 0.755. The van der Waals surface area contributed by atoms with E-state index in [4.69, 9.17) is 14.4 Å². The predicted octanol–water partition coefficient (Wildman–Crippen LogP) is 11.4. The third kappa shape index (κ3) is 5.65. The van der Waals surface area contributed by atoms with Gasteiger partial charge in [-0.1, -0.05) is 116 Å². The number of fused-ring (bicyclic) bond motifs is 1. The highest BCUT2D eigenvalue weighted by Gasteiger charge is 2.17. The first kappa shape index (κ1) is 29.2. The molecule has 1 atom stereocenters. The zero-order valence-electron chi connectivity index (χ0n) is 26.4. The number of hydrogen-bond donors (Lipinski definition) is 1. The van der Waals surface area contributed by atoms with Crippen LogP contribution in [0.15, 0.2) is 168 Å². The van der Waals surface area contributed by atoms with Crippen molar-refractivity contribution in [1.29, 1.82) is 0 Å². The highest BCUT2D eigenvalue weighted by Crippen LogP contribution is 2.39. The Labute approximate surface area is 279 Å². The lowest BCUT2D eigenvalue weighted by molar-refractivity contribution is 0.474. The number of para-hydroxylation sites is 2. The molecule has 6 aromatic carbocycles. The Hall–Kier alpha value is -6.26. The highest BCUT2D eigenvalue weighted by molar-refractivity contribution is 5.94. The molecule has 8 rings (SSSR count). The van der Waals surface area contributed by atoms with Gasteiger partial charge in [0.1, 0.15) is 11.3 Å². The van der Waals surface area contributed by atoms with Crippen LogP contribution in [0.5, 0.6) is 5.75 Å². The van der Waals surface area contributed by atoms with Gasteiger partial charge in [-0.25, -0.2) is 4.98 Å². The van der Waals surface area contributed by atoms with Gasteiger partial charge in [0.2, 0.25) is 5.89 Å². The van der Waals surface area contributed by atoms with Gasteiger partial charge in [-0.05, 0) is 87.5 Å². The number of benzene rings is 6. The number of aromatic nitrogens is 2. The van der Waals surface area contributed by atoms with E-state index in [-0.39, 0.29) is 11.7 Å². The number of phenols is 1. The number of aromatic hydroxyl groups is 1. The fraction of sp³-hybridized carbons (Fsp3) is 0.0455. The van der Waals surface area contributed by atoms with Crippen molar-refractivity contribution in [3.8, 4) is 61.8 Å². The fourth-order valence-corrected chi connectivity index (χ4v) is 6.37. The molecule has 0 saturated heterocycles. The molecule has 0 aliphatic carbocycles. The summed E-state index contributed by atoms with van der Waals surface area (Å²) < 4.78 is 6.19. The van der Waals surface area contributed by atoms with Crippen LogP contribution in [0.1, 0.15) is 24.0 Å². The summed E-state index contributed by atoms with van der Waals surface area (Å²) in [6.07, 6.45) is 1.88. The molecule has 2 heterocycles. The molecule has 8 aromatic rings. The molecule has 0 aliphatic heterocycles. The SMILES string of the molecule is CC(c1ccccc1)c1cccc(-c2cc(-c3cc(-c4ccccc4)ccn3)cc(-c3cccc4oc(-c5ccccc5O)nc34)c2)c1. The largest absolute Gasteiger partial charge is 0.507 e. The van der Waals surface area contributed by atoms with Gasteiger partial charge in [0, 0.05) is 23.2 Å². The summed E-state index contributed by atoms with van der Waals surface area (Å²) in [4.78, 5) is 9.75. The van der Waals surface area contributed by atoms with E-state index in [9.17, 15) is 5.11 Å². The first-order chi connectivity index (χ1) is 23.6. The van der Waals surface area contributed by atoms with Crippen molar-refractivity contribution in [3.63, 3.8) is 0 Å². The molecule has 0 spiro atoms. The smallest absolute Gasteiger partial charge is 0.231 e. The van der Waals surface area contributed by atoms with Crippen molar-refractivity contribution < 1.29 is 9.52 Å². The van der Waals surface area contributed by atoms with E-state index in [2.05, 4.69) is 122 Å². The van der Waals surface area contributed by atoms with Crippen LogP contribution in [0, 0.1) is 0 Å². The maximum atomic E-state index is 10.5. The average molecular weight is 621 g/mol. The zero-order chi connectivity index (χ0) is 32.5. The second kappa shape index (κ2) is 12.5. The van der Waals surface area contributed by atoms with E-state index in [0.717, 1.165) is 50.2 Å². The summed E-state index contributed by atoms with van der Waals surface area (Å²) in [6, 6.07) is 53.7. The van der Waals surface area contributed by atoms with Gasteiger partial charge in [0.15, 0.2) is 5.58 Å². The van der Waals surface area contributed by atoms with Crippen LogP contribution in [0.2, 0.25) is 0 Å². The summed E-state index contributed by atoms with van der Waals surface area (Å²) >= 11 is 0. The molecule has 0 radical (unpaired) electrons. The van der Waals surface area contributed by atoms with Crippen LogP contribution in [-0.2, 0) is 0 Å². The molecular formula is C44H32N2O2. The van der Waals surface area contributed by atoms with E-state index in [1.54, 1.807) is 12.1 Å². The molecule has 1 unspecified atom stereocenters. The van der Waals surface area contributed by atoms with E-state index < -0.39 is 0 Å². The van der Waals surface area contributed by atoms with Gasteiger partial charge in [-0.2, -0.15) is 0 Å². The Morgan fingerprint density at radius 2 is 1.17 bits per heavy atom. The van der Waals surface area contributed by atoms with Crippen molar-refractivity contribution in [2.24, 2.45) is 0 Å². The third-order valence-electron chi connectivity index (χ3n) is 8.98. The van der Waals surface area contributed by atoms with Gasteiger partial charge in [-0.15, -0.1) is 0 Å². The maximum absolute atomic E-state index is 10.5. The maximum Gasteiger partial charge on any atom is 0.231 e. The first-order valence-electron chi connectivity index (χ1n) is 16.1. The highest BCUT2D eigenvalue weighted by atomic mass is 16.3. The molecule has 0 bridgehead atoms. The Bertz CT molecular complexity index is 2380. The monoisotopic (exact) mass is 620 g/mol. The quantitative estimate of drug-likeness (QED) is 0.193. The minimum atomic E-state index is 0.129. The minimum Gasteiger partial charge on any atom is -0.507 e. The molecule has 0 saturated carbocycles. The van der Waals surface area contributed by atoms with Crippen molar-refractivity contribution >= 4 is 11.1 Å². The summed E-state index contributed by atoms with van der Waals surface area (Å²) in [6.45, 7) is 2.25. The molecular weight excluding hydrogens is 588 g/mol. The predicted molar refractivity (Wildman–Crippen MR) is 195 cm³/mol. The number of rotatable bonds is 7. The Balaban J connectivity index is 1.30. The molecule has 0 amide bonds. The third-order valence-corrected chi connectivity index (χ3v) is 8.98. The molecule has 48 heavy (non-hydrogen) atoms. The second-order valence-electron chi connectivity index (χ2n) is 12.0. The molecule has 2 aromatic heterocycles. The van der Waals surface area contributed by atoms with Crippen LogP contribution in [0.3, 0.4) is 0 Å². The topological polar surface area (TPSA) is 59.2 Å². The summed E-state index contributed by atoms with van der Waals surface area (Å²) in [7, 11) is 0. The average Bonchev–Trinajstić information content (AvgIpc) is 3.60. The van der Waals surface area contributed by atoms with Crippen LogP contribution < -0.4 is 0 Å². The van der Waals surface area contributed by atoms with Crippen LogP contribution in [0.4, 0.5) is 0 Å². The Morgan fingerprint density at radius 1 is 0.521 bits per heavy atom. The van der Waals surface area contributed by atoms with Gasteiger partial charge in [0.25, 0.3) is 0 Å². The van der Waals surface area contributed by atoms with E-state index in [0.29, 0.717) is 17.0 Å². The second-order valence-corrected chi connectivity index (χ2v) is 12.0. The standard InChI is InChI=1S/C44H32N2O2/c1-29(30-12-4-2-5-13-30)32-16-10-17-33(24-32)35-25-36(27-37(26-35)40-28-34(22-23-45-40)31-14-6-3-7-15-31)38-19-11-21-42-43(38)46-44(48-42)39-18-8-9-20-41(39)47/h2-29,47H,1H3. The number of hydrogen-bond acceptors (Lipinski definition) is 4. The van der Waals surface area contributed by atoms with Gasteiger partial charge < -0.3 is 9.52 Å². The lowest BCUT2D eigenvalue weighted by Gasteiger charge is -2.15. The minimum absolute atomic E-state index is 0.129. The summed E-state index contributed by atoms with van der Waals surface area (Å²) in [5.41, 5.74) is 12.8. The van der Waals surface area contributed by atoms with Crippen LogP contribution in [0.25, 0.3) is 67.2 Å². The van der Waals surface area contributed by atoms with Crippen molar-refractivity contribution in [2.45, 2.75) is 12.8 Å². The van der Waals surface area contributed by atoms with Crippen molar-refractivity contribution in [2.75, 3.05) is 0 Å². The van der Waals surface area contributed by atoms with E-state index in [1.165, 1.54) is 11.1 Å².